The minimum Gasteiger partial charge on any atom is -0.445 e. The van der Waals surface area contributed by atoms with Crippen LogP contribution in [-0.2, 0) is 16.1 Å². The summed E-state index contributed by atoms with van der Waals surface area (Å²) in [7, 11) is 0. The Morgan fingerprint density at radius 2 is 1.70 bits per heavy atom. The van der Waals surface area contributed by atoms with E-state index in [2.05, 4.69) is 10.6 Å². The lowest BCUT2D eigenvalue weighted by Gasteiger charge is -2.21. The summed E-state index contributed by atoms with van der Waals surface area (Å²) in [5.74, 6) is -0.590. The normalized spacial score (nSPS) is 11.7. The third kappa shape index (κ3) is 6.05. The van der Waals surface area contributed by atoms with Crippen molar-refractivity contribution in [3.63, 3.8) is 0 Å². The fraction of sp³-hybridized carbons (Fsp3) is 0.263. The van der Waals surface area contributed by atoms with Crippen LogP contribution >= 0.6 is 23.2 Å². The molecule has 0 aliphatic carbocycles. The second-order valence-corrected chi connectivity index (χ2v) is 7.08. The molecule has 0 aromatic heterocycles. The molecule has 2 aromatic rings. The van der Waals surface area contributed by atoms with Gasteiger partial charge in [-0.1, -0.05) is 67.4 Å². The van der Waals surface area contributed by atoms with Crippen molar-refractivity contribution in [2.45, 2.75) is 26.5 Å². The molecular formula is C19H21Cl2N3O3. The van der Waals surface area contributed by atoms with E-state index >= 15 is 0 Å². The number of carbonyl (C=O) groups excluding carboxylic acids is 2. The lowest BCUT2D eigenvalue weighted by molar-refractivity contribution is -0.119. The molecule has 6 nitrogen and oxygen atoms in total. The van der Waals surface area contributed by atoms with Crippen molar-refractivity contribution in [1.29, 1.82) is 0 Å². The molecule has 0 radical (unpaired) electrons. The van der Waals surface area contributed by atoms with Crippen molar-refractivity contribution in [2.75, 3.05) is 11.1 Å². The summed E-state index contributed by atoms with van der Waals surface area (Å²) in [5, 5.41) is 5.72. The van der Waals surface area contributed by atoms with E-state index in [1.807, 2.05) is 44.2 Å². The van der Waals surface area contributed by atoms with Crippen molar-refractivity contribution in [2.24, 2.45) is 5.92 Å². The summed E-state index contributed by atoms with van der Waals surface area (Å²) in [6.07, 6.45) is -0.680. The van der Waals surface area contributed by atoms with Crippen LogP contribution in [0.4, 0.5) is 16.2 Å². The number of hydrogen-bond donors (Lipinski definition) is 3. The van der Waals surface area contributed by atoms with Gasteiger partial charge in [0.25, 0.3) is 0 Å². The van der Waals surface area contributed by atoms with Crippen LogP contribution in [-0.4, -0.2) is 18.0 Å². The summed E-state index contributed by atoms with van der Waals surface area (Å²) in [4.78, 5) is 24.6. The highest BCUT2D eigenvalue weighted by Crippen LogP contribution is 2.31. The zero-order chi connectivity index (χ0) is 20.0. The Balaban J connectivity index is 1.99. The van der Waals surface area contributed by atoms with Crippen LogP contribution in [0.1, 0.15) is 19.4 Å². The standard InChI is InChI=1S/C19H21Cl2N3O3/c1-11(2)17(24-19(26)27-10-12-6-4-3-5-7-12)18(25)23-13-8-14(20)16(22)15(21)9-13/h3-9,11,17H,10,22H2,1-2H3,(H,23,25)(H,24,26). The summed E-state index contributed by atoms with van der Waals surface area (Å²) in [6.45, 7) is 3.73. The van der Waals surface area contributed by atoms with Crippen LogP contribution in [0.2, 0.25) is 10.0 Å². The molecule has 2 amide bonds. The quantitative estimate of drug-likeness (QED) is 0.613. The first-order chi connectivity index (χ1) is 12.8. The molecule has 8 heteroatoms. The minimum absolute atomic E-state index is 0.113. The summed E-state index contributed by atoms with van der Waals surface area (Å²) < 4.78 is 5.17. The maximum atomic E-state index is 12.6. The van der Waals surface area contributed by atoms with Gasteiger partial charge >= 0.3 is 6.09 Å². The van der Waals surface area contributed by atoms with Gasteiger partial charge in [0.1, 0.15) is 12.6 Å². The van der Waals surface area contributed by atoms with E-state index in [-0.39, 0.29) is 28.3 Å². The lowest BCUT2D eigenvalue weighted by atomic mass is 10.0. The number of carbonyl (C=O) groups is 2. The van der Waals surface area contributed by atoms with Gasteiger partial charge < -0.3 is 21.1 Å². The number of halogens is 2. The molecule has 0 aliphatic heterocycles. The average molecular weight is 410 g/mol. The van der Waals surface area contributed by atoms with Gasteiger partial charge in [-0.05, 0) is 23.6 Å². The summed E-state index contributed by atoms with van der Waals surface area (Å²) >= 11 is 12.0. The van der Waals surface area contributed by atoms with E-state index in [0.717, 1.165) is 5.56 Å². The summed E-state index contributed by atoms with van der Waals surface area (Å²) in [5.41, 5.74) is 7.16. The van der Waals surface area contributed by atoms with E-state index in [9.17, 15) is 9.59 Å². The fourth-order valence-electron chi connectivity index (χ4n) is 2.30. The predicted molar refractivity (Wildman–Crippen MR) is 108 cm³/mol. The number of alkyl carbamates (subject to hydrolysis) is 1. The van der Waals surface area contributed by atoms with Gasteiger partial charge in [-0.2, -0.15) is 0 Å². The molecule has 0 saturated carbocycles. The van der Waals surface area contributed by atoms with Gasteiger partial charge in [-0.25, -0.2) is 4.79 Å². The van der Waals surface area contributed by atoms with Crippen LogP contribution in [0.3, 0.4) is 0 Å². The molecule has 2 aromatic carbocycles. The Kier molecular flexibility index (Phi) is 7.33. The van der Waals surface area contributed by atoms with Crippen molar-refractivity contribution < 1.29 is 14.3 Å². The molecule has 0 aliphatic rings. The SMILES string of the molecule is CC(C)C(NC(=O)OCc1ccccc1)C(=O)Nc1cc(Cl)c(N)c(Cl)c1. The van der Waals surface area contributed by atoms with Crippen molar-refractivity contribution in [3.05, 3.63) is 58.1 Å². The van der Waals surface area contributed by atoms with Gasteiger partial charge in [0.2, 0.25) is 5.91 Å². The van der Waals surface area contributed by atoms with Crippen molar-refractivity contribution >= 4 is 46.6 Å². The molecule has 1 unspecified atom stereocenters. The number of hydrogen-bond acceptors (Lipinski definition) is 4. The molecule has 4 N–H and O–H groups in total. The molecule has 0 heterocycles. The third-order valence-electron chi connectivity index (χ3n) is 3.78. The highest BCUT2D eigenvalue weighted by atomic mass is 35.5. The lowest BCUT2D eigenvalue weighted by Crippen LogP contribution is -2.47. The zero-order valence-electron chi connectivity index (χ0n) is 15.0. The van der Waals surface area contributed by atoms with E-state index in [1.54, 1.807) is 0 Å². The highest BCUT2D eigenvalue weighted by molar-refractivity contribution is 6.39. The average Bonchev–Trinajstić information content (AvgIpc) is 2.63. The Morgan fingerprint density at radius 1 is 1.11 bits per heavy atom. The van der Waals surface area contributed by atoms with Crippen molar-refractivity contribution in [1.82, 2.24) is 5.32 Å². The largest absolute Gasteiger partial charge is 0.445 e. The minimum atomic E-state index is -0.802. The number of rotatable bonds is 6. The third-order valence-corrected chi connectivity index (χ3v) is 4.41. The maximum absolute atomic E-state index is 12.6. The number of anilines is 2. The number of amides is 2. The smallest absolute Gasteiger partial charge is 0.408 e. The van der Waals surface area contributed by atoms with Crippen molar-refractivity contribution in [3.8, 4) is 0 Å². The summed E-state index contributed by atoms with van der Waals surface area (Å²) in [6, 6.07) is 11.4. The Labute approximate surface area is 168 Å². The van der Waals surface area contributed by atoms with Crippen LogP contribution in [0.15, 0.2) is 42.5 Å². The number of nitrogen functional groups attached to an aromatic ring is 1. The van der Waals surface area contributed by atoms with Crippen LogP contribution in [0.5, 0.6) is 0 Å². The maximum Gasteiger partial charge on any atom is 0.408 e. The molecule has 0 saturated heterocycles. The zero-order valence-corrected chi connectivity index (χ0v) is 16.5. The van der Waals surface area contributed by atoms with Gasteiger partial charge in [0.05, 0.1) is 15.7 Å². The van der Waals surface area contributed by atoms with Crippen LogP contribution < -0.4 is 16.4 Å². The molecule has 144 valence electrons. The first-order valence-corrected chi connectivity index (χ1v) is 9.06. The van der Waals surface area contributed by atoms with Gasteiger partial charge in [0, 0.05) is 5.69 Å². The number of ether oxygens (including phenoxy) is 1. The van der Waals surface area contributed by atoms with Gasteiger partial charge in [-0.15, -0.1) is 0 Å². The fourth-order valence-corrected chi connectivity index (χ4v) is 2.79. The number of benzene rings is 2. The van der Waals surface area contributed by atoms with E-state index < -0.39 is 18.0 Å². The Bertz CT molecular complexity index is 790. The van der Waals surface area contributed by atoms with E-state index in [1.165, 1.54) is 12.1 Å². The number of nitrogens with two attached hydrogens (primary N) is 1. The van der Waals surface area contributed by atoms with Crippen LogP contribution in [0, 0.1) is 5.92 Å². The Morgan fingerprint density at radius 3 is 2.26 bits per heavy atom. The molecule has 0 fully saturated rings. The monoisotopic (exact) mass is 409 g/mol. The molecule has 0 bridgehead atoms. The second kappa shape index (κ2) is 9.48. The second-order valence-electron chi connectivity index (χ2n) is 6.27. The molecule has 2 rings (SSSR count). The highest BCUT2D eigenvalue weighted by Gasteiger charge is 2.25. The molecule has 27 heavy (non-hydrogen) atoms. The van der Waals surface area contributed by atoms with E-state index in [0.29, 0.717) is 5.69 Å². The predicted octanol–water partition coefficient (Wildman–Crippen LogP) is 4.47. The number of nitrogens with one attached hydrogen (secondary N) is 2. The van der Waals surface area contributed by atoms with Gasteiger partial charge in [-0.3, -0.25) is 4.79 Å². The van der Waals surface area contributed by atoms with Gasteiger partial charge in [0.15, 0.2) is 0 Å². The van der Waals surface area contributed by atoms with Crippen LogP contribution in [0.25, 0.3) is 0 Å². The first kappa shape index (κ1) is 20.9. The molecule has 1 atom stereocenters. The topological polar surface area (TPSA) is 93.4 Å². The molecule has 0 spiro atoms. The first-order valence-electron chi connectivity index (χ1n) is 8.30. The van der Waals surface area contributed by atoms with E-state index in [4.69, 9.17) is 33.7 Å². The molecular weight excluding hydrogens is 389 g/mol. The Hall–Kier alpha value is -2.44.